The summed E-state index contributed by atoms with van der Waals surface area (Å²) in [5.41, 5.74) is 1.01. The molecule has 0 aromatic heterocycles. The van der Waals surface area contributed by atoms with Gasteiger partial charge in [0.15, 0.2) is 0 Å². The maximum Gasteiger partial charge on any atom is 0.325 e. The van der Waals surface area contributed by atoms with E-state index in [0.717, 1.165) is 0 Å². The van der Waals surface area contributed by atoms with Crippen molar-refractivity contribution in [2.75, 3.05) is 17.1 Å². The van der Waals surface area contributed by atoms with E-state index in [1.807, 2.05) is 0 Å². The summed E-state index contributed by atoms with van der Waals surface area (Å²) >= 11 is 0. The minimum Gasteiger partial charge on any atom is -0.497 e. The van der Waals surface area contributed by atoms with Crippen LogP contribution in [0.15, 0.2) is 65.6 Å². The number of methoxy groups -OCH3 is 1. The summed E-state index contributed by atoms with van der Waals surface area (Å²) in [6.45, 7) is 1.54. The average molecular weight is 400 g/mol. The summed E-state index contributed by atoms with van der Waals surface area (Å²) in [4.78, 5) is 11.2. The highest BCUT2D eigenvalue weighted by atomic mass is 32.2. The maximum atomic E-state index is 12.8. The summed E-state index contributed by atoms with van der Waals surface area (Å²) in [5, 5.41) is 13.4. The van der Waals surface area contributed by atoms with E-state index >= 15 is 0 Å². The van der Waals surface area contributed by atoms with Crippen molar-refractivity contribution in [1.29, 1.82) is 0 Å². The molecule has 3 aromatic rings. The molecule has 0 radical (unpaired) electrons. The molecule has 28 heavy (non-hydrogen) atoms. The first-order chi connectivity index (χ1) is 13.3. The lowest BCUT2D eigenvalue weighted by atomic mass is 10.1. The molecule has 0 unspecified atom stereocenters. The fourth-order valence-corrected chi connectivity index (χ4v) is 3.85. The first-order valence-corrected chi connectivity index (χ1v) is 9.98. The zero-order chi connectivity index (χ0) is 20.3. The average Bonchev–Trinajstić information content (AvgIpc) is 2.69. The molecule has 146 valence electrons. The van der Waals surface area contributed by atoms with Crippen molar-refractivity contribution in [2.45, 2.75) is 17.9 Å². The number of nitrogens with one attached hydrogen (secondary N) is 2. The highest BCUT2D eigenvalue weighted by Gasteiger charge is 2.18. The molecule has 0 heterocycles. The van der Waals surface area contributed by atoms with Crippen LogP contribution >= 0.6 is 0 Å². The van der Waals surface area contributed by atoms with Crippen molar-refractivity contribution in [3.8, 4) is 5.75 Å². The molecule has 3 rings (SSSR count). The Bertz CT molecular complexity index is 1110. The number of carbonyl (C=O) groups is 1. The van der Waals surface area contributed by atoms with Crippen LogP contribution in [0.1, 0.15) is 6.92 Å². The lowest BCUT2D eigenvalue weighted by molar-refractivity contribution is -0.137. The summed E-state index contributed by atoms with van der Waals surface area (Å²) in [6, 6.07) is 15.7. The number of hydrogen-bond acceptors (Lipinski definition) is 5. The number of benzene rings is 3. The van der Waals surface area contributed by atoms with Crippen LogP contribution in [0, 0.1) is 0 Å². The molecule has 0 amide bonds. The topological polar surface area (TPSA) is 105 Å². The summed E-state index contributed by atoms with van der Waals surface area (Å²) in [6.07, 6.45) is 0. The van der Waals surface area contributed by atoms with Crippen LogP contribution in [0.4, 0.5) is 11.4 Å². The molecule has 0 spiro atoms. The number of aliphatic carboxylic acids is 1. The van der Waals surface area contributed by atoms with Gasteiger partial charge in [0.1, 0.15) is 11.8 Å². The minimum absolute atomic E-state index is 0.110. The van der Waals surface area contributed by atoms with E-state index in [4.69, 9.17) is 9.84 Å². The SMILES string of the molecule is COc1ccc(S(=O)(=O)Nc2ccc(N[C@@H](C)C(=O)O)c3ccccc23)cc1. The van der Waals surface area contributed by atoms with Crippen molar-refractivity contribution < 1.29 is 23.1 Å². The van der Waals surface area contributed by atoms with Gasteiger partial charge in [-0.05, 0) is 43.3 Å². The summed E-state index contributed by atoms with van der Waals surface area (Å²) in [7, 11) is -2.29. The van der Waals surface area contributed by atoms with Gasteiger partial charge in [-0.25, -0.2) is 8.42 Å². The Morgan fingerprint density at radius 2 is 1.54 bits per heavy atom. The van der Waals surface area contributed by atoms with Crippen molar-refractivity contribution in [1.82, 2.24) is 0 Å². The summed E-state index contributed by atoms with van der Waals surface area (Å²) < 4.78 is 33.2. The molecule has 0 aliphatic heterocycles. The maximum absolute atomic E-state index is 12.8. The molecule has 0 bridgehead atoms. The molecule has 0 aliphatic carbocycles. The van der Waals surface area contributed by atoms with Crippen LogP contribution in [0.5, 0.6) is 5.75 Å². The molecule has 7 nitrogen and oxygen atoms in total. The van der Waals surface area contributed by atoms with E-state index in [1.54, 1.807) is 48.5 Å². The monoisotopic (exact) mass is 400 g/mol. The molecule has 0 saturated carbocycles. The highest BCUT2D eigenvalue weighted by molar-refractivity contribution is 7.92. The van der Waals surface area contributed by atoms with Crippen LogP contribution in [-0.4, -0.2) is 32.6 Å². The molecule has 1 atom stereocenters. The Morgan fingerprint density at radius 1 is 0.964 bits per heavy atom. The lowest BCUT2D eigenvalue weighted by Gasteiger charge is -2.16. The second kappa shape index (κ2) is 7.77. The molecular formula is C20H20N2O5S. The van der Waals surface area contributed by atoms with E-state index in [-0.39, 0.29) is 4.90 Å². The number of ether oxygens (including phenoxy) is 1. The van der Waals surface area contributed by atoms with Crippen LogP contribution < -0.4 is 14.8 Å². The van der Waals surface area contributed by atoms with Crippen molar-refractivity contribution in [3.05, 3.63) is 60.7 Å². The van der Waals surface area contributed by atoms with E-state index in [2.05, 4.69) is 10.0 Å². The predicted molar refractivity (Wildman–Crippen MR) is 108 cm³/mol. The Labute approximate surface area is 163 Å². The van der Waals surface area contributed by atoms with Gasteiger partial charge in [0.2, 0.25) is 0 Å². The van der Waals surface area contributed by atoms with Crippen molar-refractivity contribution >= 4 is 38.1 Å². The summed E-state index contributed by atoms with van der Waals surface area (Å²) in [5.74, 6) is -0.416. The quantitative estimate of drug-likeness (QED) is 0.560. The molecule has 0 saturated heterocycles. The third-order valence-corrected chi connectivity index (χ3v) is 5.66. The van der Waals surface area contributed by atoms with E-state index in [9.17, 15) is 13.2 Å². The second-order valence-corrected chi connectivity index (χ2v) is 7.87. The van der Waals surface area contributed by atoms with Gasteiger partial charge in [-0.3, -0.25) is 9.52 Å². The highest BCUT2D eigenvalue weighted by Crippen LogP contribution is 2.32. The molecule has 0 aliphatic rings. The predicted octanol–water partition coefficient (Wildman–Crippen LogP) is 3.53. The standard InChI is InChI=1S/C20H20N2O5S/c1-13(20(23)24)21-18-11-12-19(17-6-4-3-5-16(17)18)22-28(25,26)15-9-7-14(27-2)8-10-15/h3-13,21-22H,1-2H3,(H,23,24)/t13-/m0/s1. The van der Waals surface area contributed by atoms with Crippen molar-refractivity contribution in [3.63, 3.8) is 0 Å². The first-order valence-electron chi connectivity index (χ1n) is 8.50. The fourth-order valence-electron chi connectivity index (χ4n) is 2.77. The number of fused-ring (bicyclic) bond motifs is 1. The van der Waals surface area contributed by atoms with Gasteiger partial charge >= 0.3 is 5.97 Å². The Balaban J connectivity index is 1.98. The van der Waals surface area contributed by atoms with Gasteiger partial charge in [-0.15, -0.1) is 0 Å². The first kappa shape index (κ1) is 19.5. The van der Waals surface area contributed by atoms with E-state index < -0.39 is 22.0 Å². The zero-order valence-electron chi connectivity index (χ0n) is 15.3. The normalized spacial score (nSPS) is 12.4. The fraction of sp³-hybridized carbons (Fsp3) is 0.150. The number of anilines is 2. The number of carboxylic acid groups (broad SMARTS) is 1. The molecule has 3 N–H and O–H groups in total. The Morgan fingerprint density at radius 3 is 2.11 bits per heavy atom. The molecule has 3 aromatic carbocycles. The molecular weight excluding hydrogens is 380 g/mol. The number of hydrogen-bond donors (Lipinski definition) is 3. The second-order valence-electron chi connectivity index (χ2n) is 6.19. The number of carboxylic acids is 1. The van der Waals surface area contributed by atoms with Gasteiger partial charge in [0.05, 0.1) is 17.7 Å². The van der Waals surface area contributed by atoms with Crippen LogP contribution in [0.2, 0.25) is 0 Å². The van der Waals surface area contributed by atoms with E-state index in [0.29, 0.717) is 27.9 Å². The van der Waals surface area contributed by atoms with Gasteiger partial charge in [0.25, 0.3) is 10.0 Å². The van der Waals surface area contributed by atoms with Gasteiger partial charge in [-0.2, -0.15) is 0 Å². The van der Waals surface area contributed by atoms with Crippen LogP contribution in [0.25, 0.3) is 10.8 Å². The molecule has 0 fully saturated rings. The van der Waals surface area contributed by atoms with Gasteiger partial charge in [0, 0.05) is 16.5 Å². The minimum atomic E-state index is -3.80. The number of sulfonamides is 1. The van der Waals surface area contributed by atoms with E-state index in [1.165, 1.54) is 26.2 Å². The zero-order valence-corrected chi connectivity index (χ0v) is 16.2. The third kappa shape index (κ3) is 4.01. The Hall–Kier alpha value is -3.26. The van der Waals surface area contributed by atoms with Crippen LogP contribution in [-0.2, 0) is 14.8 Å². The number of rotatable bonds is 7. The van der Waals surface area contributed by atoms with Crippen LogP contribution in [0.3, 0.4) is 0 Å². The van der Waals surface area contributed by atoms with Crippen molar-refractivity contribution in [2.24, 2.45) is 0 Å². The van der Waals surface area contributed by atoms with Gasteiger partial charge < -0.3 is 15.2 Å². The lowest BCUT2D eigenvalue weighted by Crippen LogP contribution is -2.25. The largest absolute Gasteiger partial charge is 0.497 e. The Kier molecular flexibility index (Phi) is 5.41. The van der Waals surface area contributed by atoms with Gasteiger partial charge in [-0.1, -0.05) is 24.3 Å². The molecule has 8 heteroatoms. The smallest absolute Gasteiger partial charge is 0.325 e. The third-order valence-electron chi connectivity index (χ3n) is 4.28.